The quantitative estimate of drug-likeness (QED) is 0.633. The number of piperazine rings is 1. The third kappa shape index (κ3) is 6.86. The molecule has 178 valence electrons. The molecule has 1 aromatic carbocycles. The van der Waals surface area contributed by atoms with Crippen LogP contribution >= 0.6 is 0 Å². The summed E-state index contributed by atoms with van der Waals surface area (Å²) in [5, 5.41) is 3.08. The number of hydrogen-bond acceptors (Lipinski definition) is 5. The van der Waals surface area contributed by atoms with Crippen molar-refractivity contribution in [2.75, 3.05) is 46.4 Å². The van der Waals surface area contributed by atoms with Gasteiger partial charge in [-0.25, -0.2) is 0 Å². The maximum atomic E-state index is 13.2. The van der Waals surface area contributed by atoms with Crippen molar-refractivity contribution in [2.45, 2.75) is 52.0 Å². The minimum absolute atomic E-state index is 0.0540. The van der Waals surface area contributed by atoms with Crippen LogP contribution in [0.3, 0.4) is 0 Å². The van der Waals surface area contributed by atoms with Gasteiger partial charge in [-0.1, -0.05) is 33.1 Å². The Morgan fingerprint density at radius 1 is 1.00 bits per heavy atom. The predicted molar refractivity (Wildman–Crippen MR) is 125 cm³/mol. The zero-order valence-electron chi connectivity index (χ0n) is 19.8. The molecule has 1 unspecified atom stereocenters. The van der Waals surface area contributed by atoms with E-state index in [9.17, 15) is 9.59 Å². The van der Waals surface area contributed by atoms with Gasteiger partial charge in [-0.2, -0.15) is 0 Å². The second-order valence-electron chi connectivity index (χ2n) is 9.26. The molecule has 0 bridgehead atoms. The van der Waals surface area contributed by atoms with Crippen LogP contribution in [0.25, 0.3) is 0 Å². The number of amides is 2. The summed E-state index contributed by atoms with van der Waals surface area (Å²) < 4.78 is 11.0. The average Bonchev–Trinajstić information content (AvgIpc) is 2.83. The van der Waals surface area contributed by atoms with Gasteiger partial charge in [0.25, 0.3) is 0 Å². The largest absolute Gasteiger partial charge is 0.497 e. The fourth-order valence-corrected chi connectivity index (χ4v) is 4.50. The second kappa shape index (κ2) is 12.1. The lowest BCUT2D eigenvalue weighted by molar-refractivity contribution is -0.140. The third-order valence-corrected chi connectivity index (χ3v) is 6.63. The number of benzene rings is 1. The summed E-state index contributed by atoms with van der Waals surface area (Å²) in [6.45, 7) is 8.45. The van der Waals surface area contributed by atoms with E-state index in [1.807, 2.05) is 43.0 Å². The summed E-state index contributed by atoms with van der Waals surface area (Å²) in [6.07, 6.45) is 5.33. The van der Waals surface area contributed by atoms with Crippen LogP contribution in [0.4, 0.5) is 0 Å². The molecule has 7 nitrogen and oxygen atoms in total. The van der Waals surface area contributed by atoms with Gasteiger partial charge in [-0.3, -0.25) is 14.5 Å². The molecule has 1 heterocycles. The molecule has 2 amide bonds. The fraction of sp³-hybridized carbons (Fsp3) is 0.680. The number of nitrogens with zero attached hydrogens (tertiary/aromatic N) is 2. The summed E-state index contributed by atoms with van der Waals surface area (Å²) in [7, 11) is 1.65. The maximum absolute atomic E-state index is 13.2. The van der Waals surface area contributed by atoms with Crippen LogP contribution in [-0.2, 0) is 9.59 Å². The predicted octanol–water partition coefficient (Wildman–Crippen LogP) is 2.94. The Hall–Kier alpha value is -2.28. The highest BCUT2D eigenvalue weighted by molar-refractivity contribution is 5.88. The van der Waals surface area contributed by atoms with Crippen molar-refractivity contribution in [3.05, 3.63) is 24.3 Å². The highest BCUT2D eigenvalue weighted by atomic mass is 16.5. The minimum atomic E-state index is -0.436. The summed E-state index contributed by atoms with van der Waals surface area (Å²) in [4.78, 5) is 30.1. The van der Waals surface area contributed by atoms with E-state index in [2.05, 4.69) is 10.2 Å². The van der Waals surface area contributed by atoms with E-state index in [1.165, 1.54) is 6.42 Å². The van der Waals surface area contributed by atoms with E-state index in [1.54, 1.807) is 7.11 Å². The standard InChI is InChI=1S/C25H39N3O4/c1-19(2)23(26-24(29)20-7-5-4-6-8-20)25(30)28-15-13-27(14-16-28)17-18-32-22-11-9-21(31-3)10-12-22/h9-12,19-20,23H,4-8,13-18H2,1-3H3,(H,26,29). The lowest BCUT2D eigenvalue weighted by Crippen LogP contribution is -2.57. The van der Waals surface area contributed by atoms with Crippen molar-refractivity contribution < 1.29 is 19.1 Å². The van der Waals surface area contributed by atoms with E-state index < -0.39 is 6.04 Å². The van der Waals surface area contributed by atoms with E-state index >= 15 is 0 Å². The van der Waals surface area contributed by atoms with Gasteiger partial charge in [0, 0.05) is 38.6 Å². The van der Waals surface area contributed by atoms with Crippen molar-refractivity contribution >= 4 is 11.8 Å². The SMILES string of the molecule is COc1ccc(OCCN2CCN(C(=O)C(NC(=O)C3CCCCC3)C(C)C)CC2)cc1. The summed E-state index contributed by atoms with van der Waals surface area (Å²) in [6, 6.07) is 7.15. The van der Waals surface area contributed by atoms with Gasteiger partial charge in [0.2, 0.25) is 11.8 Å². The van der Waals surface area contributed by atoms with Crippen LogP contribution < -0.4 is 14.8 Å². The molecule has 7 heteroatoms. The number of hydrogen-bond donors (Lipinski definition) is 1. The molecule has 1 saturated carbocycles. The summed E-state index contributed by atoms with van der Waals surface area (Å²) in [5.41, 5.74) is 0. The monoisotopic (exact) mass is 445 g/mol. The smallest absolute Gasteiger partial charge is 0.245 e. The van der Waals surface area contributed by atoms with Crippen LogP contribution in [0.15, 0.2) is 24.3 Å². The van der Waals surface area contributed by atoms with Crippen molar-refractivity contribution in [1.29, 1.82) is 0 Å². The van der Waals surface area contributed by atoms with Crippen molar-refractivity contribution in [1.82, 2.24) is 15.1 Å². The van der Waals surface area contributed by atoms with Gasteiger partial charge in [0.05, 0.1) is 7.11 Å². The Morgan fingerprint density at radius 3 is 2.22 bits per heavy atom. The fourth-order valence-electron chi connectivity index (χ4n) is 4.50. The summed E-state index contributed by atoms with van der Waals surface area (Å²) in [5.74, 6) is 1.90. The summed E-state index contributed by atoms with van der Waals surface area (Å²) >= 11 is 0. The van der Waals surface area contributed by atoms with Gasteiger partial charge >= 0.3 is 0 Å². The van der Waals surface area contributed by atoms with Gasteiger partial charge in [-0.05, 0) is 43.0 Å². The third-order valence-electron chi connectivity index (χ3n) is 6.63. The first-order chi connectivity index (χ1) is 15.5. The first-order valence-electron chi connectivity index (χ1n) is 12.1. The molecule has 2 fully saturated rings. The van der Waals surface area contributed by atoms with Gasteiger partial charge in [0.1, 0.15) is 24.1 Å². The molecule has 1 aromatic rings. The van der Waals surface area contributed by atoms with Crippen LogP contribution in [0.2, 0.25) is 0 Å². The number of carbonyl (C=O) groups excluding carboxylic acids is 2. The number of methoxy groups -OCH3 is 1. The van der Waals surface area contributed by atoms with Crippen LogP contribution in [0, 0.1) is 11.8 Å². The Bertz CT molecular complexity index is 723. The van der Waals surface area contributed by atoms with Crippen LogP contribution in [0.5, 0.6) is 11.5 Å². The number of rotatable bonds is 9. The molecule has 1 saturated heterocycles. The highest BCUT2D eigenvalue weighted by Crippen LogP contribution is 2.24. The van der Waals surface area contributed by atoms with E-state index in [4.69, 9.17) is 9.47 Å². The molecule has 2 aliphatic rings. The van der Waals surface area contributed by atoms with Crippen LogP contribution in [0.1, 0.15) is 46.0 Å². The molecule has 32 heavy (non-hydrogen) atoms. The second-order valence-corrected chi connectivity index (χ2v) is 9.26. The molecule has 1 aliphatic carbocycles. The molecule has 1 aliphatic heterocycles. The number of carbonyl (C=O) groups is 2. The average molecular weight is 446 g/mol. The zero-order chi connectivity index (χ0) is 22.9. The van der Waals surface area contributed by atoms with E-state index in [0.717, 1.165) is 56.8 Å². The van der Waals surface area contributed by atoms with Gasteiger partial charge in [0.15, 0.2) is 0 Å². The Balaban J connectivity index is 1.41. The molecule has 3 rings (SSSR count). The molecular formula is C25H39N3O4. The molecule has 0 radical (unpaired) electrons. The van der Waals surface area contributed by atoms with Crippen LogP contribution in [-0.4, -0.2) is 74.1 Å². The van der Waals surface area contributed by atoms with Crippen molar-refractivity contribution in [2.24, 2.45) is 11.8 Å². The number of nitrogens with one attached hydrogen (secondary N) is 1. The minimum Gasteiger partial charge on any atom is -0.497 e. The first-order valence-corrected chi connectivity index (χ1v) is 12.1. The normalized spacial score (nSPS) is 18.9. The Kier molecular flexibility index (Phi) is 9.21. The number of ether oxygens (including phenoxy) is 2. The Morgan fingerprint density at radius 2 is 1.62 bits per heavy atom. The highest BCUT2D eigenvalue weighted by Gasteiger charge is 2.32. The first kappa shape index (κ1) is 24.4. The van der Waals surface area contributed by atoms with E-state index in [0.29, 0.717) is 19.7 Å². The van der Waals surface area contributed by atoms with Gasteiger partial charge in [-0.15, -0.1) is 0 Å². The maximum Gasteiger partial charge on any atom is 0.245 e. The van der Waals surface area contributed by atoms with Gasteiger partial charge < -0.3 is 19.7 Å². The Labute approximate surface area is 192 Å². The molecule has 0 aromatic heterocycles. The van der Waals surface area contributed by atoms with Crippen molar-refractivity contribution in [3.8, 4) is 11.5 Å². The van der Waals surface area contributed by atoms with Crippen molar-refractivity contribution in [3.63, 3.8) is 0 Å². The molecule has 1 N–H and O–H groups in total. The topological polar surface area (TPSA) is 71.1 Å². The zero-order valence-corrected chi connectivity index (χ0v) is 19.8. The lowest BCUT2D eigenvalue weighted by atomic mass is 9.88. The molecular weight excluding hydrogens is 406 g/mol. The lowest BCUT2D eigenvalue weighted by Gasteiger charge is -2.37. The molecule has 0 spiro atoms. The van der Waals surface area contributed by atoms with E-state index in [-0.39, 0.29) is 23.7 Å². The molecule has 1 atom stereocenters.